The Bertz CT molecular complexity index is 429. The summed E-state index contributed by atoms with van der Waals surface area (Å²) in [7, 11) is 1.41. The molecule has 0 radical (unpaired) electrons. The van der Waals surface area contributed by atoms with Gasteiger partial charge in [-0.2, -0.15) is 0 Å². The Balaban J connectivity index is 3.31. The molecular weight excluding hydrogens is 212 g/mol. The largest absolute Gasteiger partial charge is 0.496 e. The van der Waals surface area contributed by atoms with Crippen molar-refractivity contribution in [2.45, 2.75) is 0 Å². The van der Waals surface area contributed by atoms with Gasteiger partial charge in [-0.3, -0.25) is 10.1 Å². The highest BCUT2D eigenvalue weighted by Gasteiger charge is 2.16. The van der Waals surface area contributed by atoms with Crippen LogP contribution in [-0.4, -0.2) is 23.7 Å². The lowest BCUT2D eigenvalue weighted by molar-refractivity contribution is -0.384. The second kappa shape index (κ2) is 5.13. The van der Waals surface area contributed by atoms with Crippen LogP contribution in [0.4, 0.5) is 11.4 Å². The van der Waals surface area contributed by atoms with Crippen molar-refractivity contribution in [1.82, 2.24) is 0 Å². The number of nitrogen functional groups attached to an aromatic ring is 1. The summed E-state index contributed by atoms with van der Waals surface area (Å²) in [6.07, 6.45) is 2.94. The zero-order chi connectivity index (χ0) is 12.1. The van der Waals surface area contributed by atoms with Crippen molar-refractivity contribution in [2.75, 3.05) is 19.5 Å². The molecule has 0 bridgehead atoms. The molecule has 1 aromatic carbocycles. The molecule has 0 aromatic heterocycles. The minimum Gasteiger partial charge on any atom is -0.496 e. The van der Waals surface area contributed by atoms with Crippen LogP contribution in [0.15, 0.2) is 18.2 Å². The van der Waals surface area contributed by atoms with Crippen LogP contribution in [0.5, 0.6) is 5.75 Å². The van der Waals surface area contributed by atoms with Crippen LogP contribution in [-0.2, 0) is 0 Å². The number of nitrogens with zero attached hydrogens (tertiary/aromatic N) is 1. The maximum Gasteiger partial charge on any atom is 0.296 e. The topological polar surface area (TPSA) is 98.6 Å². The van der Waals surface area contributed by atoms with Crippen LogP contribution >= 0.6 is 0 Å². The number of methoxy groups -OCH3 is 1. The van der Waals surface area contributed by atoms with Crippen molar-refractivity contribution in [1.29, 1.82) is 0 Å². The summed E-state index contributed by atoms with van der Waals surface area (Å²) >= 11 is 0. The SMILES string of the molecule is COc1cc(C=CCO)c(N)c([N+](=O)[O-])c1. The highest BCUT2D eigenvalue weighted by molar-refractivity contribution is 5.75. The van der Waals surface area contributed by atoms with Crippen LogP contribution in [0.1, 0.15) is 5.56 Å². The smallest absolute Gasteiger partial charge is 0.296 e. The fourth-order valence-electron chi connectivity index (χ4n) is 1.22. The Hall–Kier alpha value is -2.08. The molecule has 1 rings (SSSR count). The number of nitro benzene ring substituents is 1. The van der Waals surface area contributed by atoms with E-state index in [9.17, 15) is 10.1 Å². The van der Waals surface area contributed by atoms with Gasteiger partial charge in [0.2, 0.25) is 0 Å². The third-order valence-corrected chi connectivity index (χ3v) is 2.00. The van der Waals surface area contributed by atoms with Gasteiger partial charge in [-0.25, -0.2) is 0 Å². The first-order chi connectivity index (χ1) is 7.60. The number of aliphatic hydroxyl groups excluding tert-OH is 1. The third kappa shape index (κ3) is 2.48. The normalized spacial score (nSPS) is 10.6. The van der Waals surface area contributed by atoms with Crippen LogP contribution in [0.2, 0.25) is 0 Å². The van der Waals surface area contributed by atoms with E-state index in [1.807, 2.05) is 0 Å². The molecule has 0 spiro atoms. The van der Waals surface area contributed by atoms with Gasteiger partial charge in [0.05, 0.1) is 24.7 Å². The Kier molecular flexibility index (Phi) is 3.84. The lowest BCUT2D eigenvalue weighted by Crippen LogP contribution is -1.99. The molecule has 16 heavy (non-hydrogen) atoms. The van der Waals surface area contributed by atoms with Gasteiger partial charge >= 0.3 is 0 Å². The van der Waals surface area contributed by atoms with Gasteiger partial charge in [-0.05, 0) is 6.07 Å². The third-order valence-electron chi connectivity index (χ3n) is 2.00. The number of aliphatic hydroxyl groups is 1. The molecule has 0 aliphatic heterocycles. The lowest BCUT2D eigenvalue weighted by atomic mass is 10.1. The molecule has 0 aliphatic carbocycles. The second-order valence-electron chi connectivity index (χ2n) is 2.99. The molecule has 0 heterocycles. The Morgan fingerprint density at radius 1 is 1.62 bits per heavy atom. The van der Waals surface area contributed by atoms with Gasteiger partial charge in [0, 0.05) is 5.56 Å². The zero-order valence-corrected chi connectivity index (χ0v) is 8.71. The van der Waals surface area contributed by atoms with E-state index < -0.39 is 4.92 Å². The van der Waals surface area contributed by atoms with E-state index in [1.54, 1.807) is 6.07 Å². The molecule has 0 aliphatic rings. The molecule has 0 saturated heterocycles. The van der Waals surface area contributed by atoms with Gasteiger partial charge < -0.3 is 15.6 Å². The van der Waals surface area contributed by atoms with Crippen LogP contribution in [0.3, 0.4) is 0 Å². The van der Waals surface area contributed by atoms with E-state index in [-0.39, 0.29) is 18.0 Å². The van der Waals surface area contributed by atoms with Crippen molar-refractivity contribution in [3.63, 3.8) is 0 Å². The van der Waals surface area contributed by atoms with E-state index in [0.717, 1.165) is 0 Å². The number of rotatable bonds is 4. The second-order valence-corrected chi connectivity index (χ2v) is 2.99. The van der Waals surface area contributed by atoms with Crippen molar-refractivity contribution >= 4 is 17.5 Å². The van der Waals surface area contributed by atoms with Gasteiger partial charge in [-0.15, -0.1) is 0 Å². The van der Waals surface area contributed by atoms with E-state index >= 15 is 0 Å². The summed E-state index contributed by atoms with van der Waals surface area (Å²) in [6, 6.07) is 2.82. The van der Waals surface area contributed by atoms with Gasteiger partial charge in [-0.1, -0.05) is 12.2 Å². The summed E-state index contributed by atoms with van der Waals surface area (Å²) in [4.78, 5) is 10.1. The van der Waals surface area contributed by atoms with Crippen molar-refractivity contribution in [2.24, 2.45) is 0 Å². The van der Waals surface area contributed by atoms with Crippen molar-refractivity contribution in [3.8, 4) is 5.75 Å². The first kappa shape index (κ1) is 12.0. The summed E-state index contributed by atoms with van der Waals surface area (Å²) < 4.78 is 4.92. The summed E-state index contributed by atoms with van der Waals surface area (Å²) in [6.45, 7) is -0.162. The Morgan fingerprint density at radius 3 is 2.81 bits per heavy atom. The average molecular weight is 224 g/mol. The van der Waals surface area contributed by atoms with Crippen LogP contribution in [0, 0.1) is 10.1 Å². The Morgan fingerprint density at radius 2 is 2.31 bits per heavy atom. The highest BCUT2D eigenvalue weighted by atomic mass is 16.6. The van der Waals surface area contributed by atoms with Gasteiger partial charge in [0.1, 0.15) is 11.4 Å². The van der Waals surface area contributed by atoms with E-state index in [4.69, 9.17) is 15.6 Å². The van der Waals surface area contributed by atoms with E-state index in [0.29, 0.717) is 11.3 Å². The molecule has 86 valence electrons. The van der Waals surface area contributed by atoms with E-state index in [2.05, 4.69) is 0 Å². The zero-order valence-electron chi connectivity index (χ0n) is 8.71. The minimum absolute atomic E-state index is 0.0514. The van der Waals surface area contributed by atoms with Gasteiger partial charge in [0.25, 0.3) is 5.69 Å². The van der Waals surface area contributed by atoms with Crippen LogP contribution in [0.25, 0.3) is 6.08 Å². The predicted octanol–water partition coefficient (Wildman–Crippen LogP) is 1.19. The fourth-order valence-corrected chi connectivity index (χ4v) is 1.22. The standard InChI is InChI=1S/C10H12N2O4/c1-16-8-5-7(3-2-4-13)10(11)9(6-8)12(14)15/h2-3,5-6,13H,4,11H2,1H3. The molecule has 6 heteroatoms. The molecule has 0 amide bonds. The monoisotopic (exact) mass is 224 g/mol. The molecule has 0 unspecified atom stereocenters. The van der Waals surface area contributed by atoms with Gasteiger partial charge in [0.15, 0.2) is 0 Å². The first-order valence-electron chi connectivity index (χ1n) is 4.49. The quantitative estimate of drug-likeness (QED) is 0.454. The summed E-state index contributed by atoms with van der Waals surface area (Å²) in [5, 5.41) is 19.3. The average Bonchev–Trinajstić information content (AvgIpc) is 2.27. The molecular formula is C10H12N2O4. The number of ether oxygens (including phenoxy) is 1. The first-order valence-corrected chi connectivity index (χ1v) is 4.49. The number of hydrogen-bond donors (Lipinski definition) is 2. The predicted molar refractivity (Wildman–Crippen MR) is 60.2 cm³/mol. The number of anilines is 1. The molecule has 3 N–H and O–H groups in total. The number of nitro groups is 1. The maximum atomic E-state index is 10.7. The minimum atomic E-state index is -0.575. The number of nitrogens with two attached hydrogens (primary N) is 1. The molecule has 6 nitrogen and oxygen atoms in total. The maximum absolute atomic E-state index is 10.7. The summed E-state index contributed by atoms with van der Waals surface area (Å²) in [5.41, 5.74) is 5.90. The molecule has 1 aromatic rings. The van der Waals surface area contributed by atoms with E-state index in [1.165, 1.54) is 25.3 Å². The summed E-state index contributed by atoms with van der Waals surface area (Å²) in [5.74, 6) is 0.346. The Labute approximate surface area is 92.1 Å². The number of benzene rings is 1. The molecule has 0 saturated carbocycles. The van der Waals surface area contributed by atoms with Crippen molar-refractivity contribution < 1.29 is 14.8 Å². The number of hydrogen-bond acceptors (Lipinski definition) is 5. The fraction of sp³-hybridized carbons (Fsp3) is 0.200. The molecule has 0 atom stereocenters. The lowest BCUT2D eigenvalue weighted by Gasteiger charge is -2.05. The highest BCUT2D eigenvalue weighted by Crippen LogP contribution is 2.31. The van der Waals surface area contributed by atoms with Crippen LogP contribution < -0.4 is 10.5 Å². The molecule has 0 fully saturated rings. The van der Waals surface area contributed by atoms with Crippen molar-refractivity contribution in [3.05, 3.63) is 33.9 Å².